The van der Waals surface area contributed by atoms with Crippen molar-refractivity contribution in [2.24, 2.45) is 5.92 Å². The molecule has 1 aliphatic carbocycles. The zero-order valence-electron chi connectivity index (χ0n) is 11.1. The van der Waals surface area contributed by atoms with Gasteiger partial charge in [-0.2, -0.15) is 0 Å². The highest BCUT2D eigenvalue weighted by Crippen LogP contribution is 2.30. The van der Waals surface area contributed by atoms with Crippen molar-refractivity contribution < 1.29 is 9.84 Å². The number of rotatable bonds is 5. The maximum absolute atomic E-state index is 9.60. The number of methoxy groups -OCH3 is 1. The summed E-state index contributed by atoms with van der Waals surface area (Å²) in [7, 11) is 1.68. The van der Waals surface area contributed by atoms with E-state index in [1.54, 1.807) is 7.11 Å². The lowest BCUT2D eigenvalue weighted by molar-refractivity contribution is 0.209. The molecule has 1 aromatic carbocycles. The zero-order valence-corrected chi connectivity index (χ0v) is 11.1. The Labute approximate surface area is 109 Å². The summed E-state index contributed by atoms with van der Waals surface area (Å²) in [5.41, 5.74) is 0.977. The van der Waals surface area contributed by atoms with Gasteiger partial charge in [0, 0.05) is 0 Å². The Kier molecular flexibility index (Phi) is 4.88. The van der Waals surface area contributed by atoms with Crippen LogP contribution in [-0.2, 0) is 0 Å². The number of hydrogen-bond donors (Lipinski definition) is 2. The third-order valence-corrected chi connectivity index (χ3v) is 3.86. The summed E-state index contributed by atoms with van der Waals surface area (Å²) in [4.78, 5) is 0. The number of para-hydroxylation sites is 2. The molecule has 0 radical (unpaired) electrons. The molecule has 2 N–H and O–H groups in total. The van der Waals surface area contributed by atoms with Crippen LogP contribution in [0.3, 0.4) is 0 Å². The van der Waals surface area contributed by atoms with Crippen molar-refractivity contribution in [1.29, 1.82) is 0 Å². The fourth-order valence-corrected chi connectivity index (χ4v) is 2.81. The quantitative estimate of drug-likeness (QED) is 0.842. The first-order valence-corrected chi connectivity index (χ1v) is 6.85. The number of anilines is 1. The predicted octanol–water partition coefficient (Wildman–Crippen LogP) is 3.05. The first kappa shape index (κ1) is 13.2. The van der Waals surface area contributed by atoms with E-state index < -0.39 is 0 Å². The number of nitrogens with one attached hydrogen (secondary N) is 1. The summed E-state index contributed by atoms with van der Waals surface area (Å²) in [6, 6.07) is 8.03. The number of ether oxygens (including phenoxy) is 1. The van der Waals surface area contributed by atoms with E-state index in [4.69, 9.17) is 4.74 Å². The fourth-order valence-electron chi connectivity index (χ4n) is 2.81. The number of aliphatic hydroxyl groups is 1. The second kappa shape index (κ2) is 6.64. The topological polar surface area (TPSA) is 41.5 Å². The van der Waals surface area contributed by atoms with Crippen LogP contribution in [-0.4, -0.2) is 24.9 Å². The van der Waals surface area contributed by atoms with Crippen LogP contribution >= 0.6 is 0 Å². The molecule has 0 amide bonds. The van der Waals surface area contributed by atoms with Gasteiger partial charge in [0.1, 0.15) is 5.75 Å². The second-order valence-electron chi connectivity index (χ2n) is 5.03. The standard InChI is InChI=1S/C15H23NO2/c1-18-15-10-6-5-9-13(15)16-14(11-17)12-7-3-2-4-8-12/h5-6,9-10,12,14,16-17H,2-4,7-8,11H2,1H3. The van der Waals surface area contributed by atoms with E-state index in [0.29, 0.717) is 5.92 Å². The molecule has 0 aromatic heterocycles. The second-order valence-corrected chi connectivity index (χ2v) is 5.03. The summed E-state index contributed by atoms with van der Waals surface area (Å²) in [6.45, 7) is 0.183. The van der Waals surface area contributed by atoms with Gasteiger partial charge in [-0.25, -0.2) is 0 Å². The van der Waals surface area contributed by atoms with Gasteiger partial charge in [0.05, 0.1) is 25.4 Å². The van der Waals surface area contributed by atoms with Crippen molar-refractivity contribution in [2.45, 2.75) is 38.1 Å². The summed E-state index contributed by atoms with van der Waals surface area (Å²) in [5, 5.41) is 13.0. The minimum absolute atomic E-state index is 0.140. The monoisotopic (exact) mass is 249 g/mol. The van der Waals surface area contributed by atoms with Crippen LogP contribution in [0.25, 0.3) is 0 Å². The van der Waals surface area contributed by atoms with Crippen LogP contribution < -0.4 is 10.1 Å². The molecular weight excluding hydrogens is 226 g/mol. The molecule has 1 unspecified atom stereocenters. The van der Waals surface area contributed by atoms with E-state index >= 15 is 0 Å². The van der Waals surface area contributed by atoms with Crippen molar-refractivity contribution in [2.75, 3.05) is 19.0 Å². The van der Waals surface area contributed by atoms with E-state index in [0.717, 1.165) is 11.4 Å². The first-order chi connectivity index (χ1) is 8.85. The summed E-state index contributed by atoms with van der Waals surface area (Å²) in [6.07, 6.45) is 6.34. The lowest BCUT2D eigenvalue weighted by Gasteiger charge is -2.30. The highest BCUT2D eigenvalue weighted by molar-refractivity contribution is 5.56. The number of benzene rings is 1. The summed E-state index contributed by atoms with van der Waals surface area (Å²) in [5.74, 6) is 1.42. The molecule has 0 bridgehead atoms. The Morgan fingerprint density at radius 2 is 2.00 bits per heavy atom. The molecular formula is C15H23NO2. The molecule has 2 rings (SSSR count). The highest BCUT2D eigenvalue weighted by atomic mass is 16.5. The molecule has 1 aliphatic rings. The Balaban J connectivity index is 2.04. The van der Waals surface area contributed by atoms with Gasteiger partial charge in [-0.1, -0.05) is 31.4 Å². The predicted molar refractivity (Wildman–Crippen MR) is 74.1 cm³/mol. The van der Waals surface area contributed by atoms with Crippen LogP contribution in [0.15, 0.2) is 24.3 Å². The Morgan fingerprint density at radius 3 is 2.67 bits per heavy atom. The lowest BCUT2D eigenvalue weighted by Crippen LogP contribution is -2.34. The average Bonchev–Trinajstić information content (AvgIpc) is 2.46. The van der Waals surface area contributed by atoms with Crippen LogP contribution in [0.2, 0.25) is 0 Å². The molecule has 1 atom stereocenters. The molecule has 3 nitrogen and oxygen atoms in total. The van der Waals surface area contributed by atoms with Gasteiger partial charge in [-0.05, 0) is 30.9 Å². The summed E-state index contributed by atoms with van der Waals surface area (Å²) < 4.78 is 5.33. The van der Waals surface area contributed by atoms with Crippen molar-refractivity contribution in [3.05, 3.63) is 24.3 Å². The third kappa shape index (κ3) is 3.16. The highest BCUT2D eigenvalue weighted by Gasteiger charge is 2.23. The molecule has 1 saturated carbocycles. The molecule has 0 spiro atoms. The average molecular weight is 249 g/mol. The van der Waals surface area contributed by atoms with E-state index in [1.165, 1.54) is 32.1 Å². The van der Waals surface area contributed by atoms with E-state index in [-0.39, 0.29) is 12.6 Å². The van der Waals surface area contributed by atoms with E-state index in [9.17, 15) is 5.11 Å². The van der Waals surface area contributed by atoms with Crippen molar-refractivity contribution in [1.82, 2.24) is 0 Å². The van der Waals surface area contributed by atoms with Gasteiger partial charge in [0.2, 0.25) is 0 Å². The normalized spacial score (nSPS) is 18.3. The van der Waals surface area contributed by atoms with Crippen molar-refractivity contribution in [3.8, 4) is 5.75 Å². The Morgan fingerprint density at radius 1 is 1.28 bits per heavy atom. The maximum Gasteiger partial charge on any atom is 0.141 e. The number of hydrogen-bond acceptors (Lipinski definition) is 3. The molecule has 0 aliphatic heterocycles. The van der Waals surface area contributed by atoms with E-state index in [2.05, 4.69) is 5.32 Å². The molecule has 0 saturated heterocycles. The zero-order chi connectivity index (χ0) is 12.8. The largest absolute Gasteiger partial charge is 0.495 e. The molecule has 1 fully saturated rings. The smallest absolute Gasteiger partial charge is 0.141 e. The summed E-state index contributed by atoms with van der Waals surface area (Å²) >= 11 is 0. The molecule has 100 valence electrons. The van der Waals surface area contributed by atoms with Crippen molar-refractivity contribution in [3.63, 3.8) is 0 Å². The van der Waals surface area contributed by atoms with E-state index in [1.807, 2.05) is 24.3 Å². The van der Waals surface area contributed by atoms with Gasteiger partial charge in [0.25, 0.3) is 0 Å². The van der Waals surface area contributed by atoms with Gasteiger partial charge in [0.15, 0.2) is 0 Å². The minimum Gasteiger partial charge on any atom is -0.495 e. The molecule has 0 heterocycles. The van der Waals surface area contributed by atoms with Gasteiger partial charge in [-0.15, -0.1) is 0 Å². The van der Waals surface area contributed by atoms with Crippen LogP contribution in [0.5, 0.6) is 5.75 Å². The van der Waals surface area contributed by atoms with Gasteiger partial charge >= 0.3 is 0 Å². The van der Waals surface area contributed by atoms with Gasteiger partial charge < -0.3 is 15.2 Å². The Bertz CT molecular complexity index is 361. The number of aliphatic hydroxyl groups excluding tert-OH is 1. The SMILES string of the molecule is COc1ccccc1NC(CO)C1CCCCC1. The molecule has 1 aromatic rings. The third-order valence-electron chi connectivity index (χ3n) is 3.86. The Hall–Kier alpha value is -1.22. The lowest BCUT2D eigenvalue weighted by atomic mass is 9.84. The molecule has 18 heavy (non-hydrogen) atoms. The molecule has 3 heteroatoms. The van der Waals surface area contributed by atoms with Crippen LogP contribution in [0.4, 0.5) is 5.69 Å². The first-order valence-electron chi connectivity index (χ1n) is 6.85. The minimum atomic E-state index is 0.140. The van der Waals surface area contributed by atoms with Crippen LogP contribution in [0.1, 0.15) is 32.1 Å². The fraction of sp³-hybridized carbons (Fsp3) is 0.600. The van der Waals surface area contributed by atoms with Crippen LogP contribution in [0, 0.1) is 5.92 Å². The van der Waals surface area contributed by atoms with Crippen molar-refractivity contribution >= 4 is 5.69 Å². The maximum atomic E-state index is 9.60. The van der Waals surface area contributed by atoms with Gasteiger partial charge in [-0.3, -0.25) is 0 Å².